The number of carbonyl (C=O) groups excluding carboxylic acids is 3. The largest absolute Gasteiger partial charge is 0.353 e. The second-order valence-corrected chi connectivity index (χ2v) is 17.6. The van der Waals surface area contributed by atoms with E-state index in [-0.39, 0.29) is 48.6 Å². The van der Waals surface area contributed by atoms with Gasteiger partial charge in [0.1, 0.15) is 12.0 Å². The molecule has 1 fully saturated rings. The van der Waals surface area contributed by atoms with Crippen LogP contribution in [0.4, 0.5) is 5.69 Å². The number of H-pyrrole nitrogens is 1. The molecule has 14 heteroatoms. The fourth-order valence-electron chi connectivity index (χ4n) is 7.58. The van der Waals surface area contributed by atoms with E-state index in [4.69, 9.17) is 15.2 Å². The van der Waals surface area contributed by atoms with Crippen molar-refractivity contribution < 1.29 is 29.5 Å². The lowest BCUT2D eigenvalue weighted by molar-refractivity contribution is -0.120. The van der Waals surface area contributed by atoms with Crippen LogP contribution in [0.1, 0.15) is 135 Å². The fraction of sp³-hybridized carbons (Fsp3) is 0.511. The average molecular weight is 857 g/mol. The standard InChI is InChI=1S/C47H62N5O8P/c1-33(2)52(34(3)4)61(58-6)60-42-30-45(59-35(42)5)51-32-39(46(56)49-47(51)57)27-28-43(54)48-29-17-9-7-8-10-21-40(53)22-14-16-24-44(55)50-31-38-20-12-11-18-36(38)25-26-37-19-13-15-23-41(37)50/h11-13,15,18-20,23,27-28,32-35,42,45H,7-10,14,16-17,21-22,24,29-31H2,1-6H3,(H,48,54)(H,49,56,57)/b28-27+/t35-,42?,45-,61?/m1/s1/i5D. The van der Waals surface area contributed by atoms with Crippen LogP contribution in [0.2, 0.25) is 0 Å². The molecule has 0 radical (unpaired) electrons. The van der Waals surface area contributed by atoms with Gasteiger partial charge >= 0.3 is 5.69 Å². The molecule has 1 aromatic heterocycles. The van der Waals surface area contributed by atoms with Gasteiger partial charge in [-0.1, -0.05) is 61.4 Å². The lowest BCUT2D eigenvalue weighted by Crippen LogP contribution is -2.35. The number of ether oxygens (including phenoxy) is 1. The minimum atomic E-state index is -1.45. The summed E-state index contributed by atoms with van der Waals surface area (Å²) in [5, 5.41) is 2.83. The molecule has 3 aromatic rings. The molecule has 0 aliphatic carbocycles. The Balaban J connectivity index is 0.969. The Morgan fingerprint density at radius 3 is 2.34 bits per heavy atom. The Morgan fingerprint density at radius 1 is 0.951 bits per heavy atom. The predicted octanol–water partition coefficient (Wildman–Crippen LogP) is 7.77. The number of anilines is 1. The number of hydrogen-bond donors (Lipinski definition) is 2. The summed E-state index contributed by atoms with van der Waals surface area (Å²) in [5.74, 6) is 6.35. The van der Waals surface area contributed by atoms with Crippen molar-refractivity contribution in [2.45, 2.75) is 142 Å². The van der Waals surface area contributed by atoms with Crippen molar-refractivity contribution in [2.75, 3.05) is 18.6 Å². The summed E-state index contributed by atoms with van der Waals surface area (Å²) >= 11 is 0. The number of hydrogen-bond acceptors (Lipinski definition) is 9. The van der Waals surface area contributed by atoms with E-state index in [1.165, 1.54) is 22.9 Å². The van der Waals surface area contributed by atoms with Gasteiger partial charge in [0.05, 0.1) is 30.0 Å². The molecule has 0 saturated carbocycles. The quantitative estimate of drug-likeness (QED) is 0.0447. The summed E-state index contributed by atoms with van der Waals surface area (Å²) in [5.41, 5.74) is 2.41. The number of amides is 2. The van der Waals surface area contributed by atoms with E-state index in [2.05, 4.69) is 54.5 Å². The molecular formula is C47H62N5O8P. The van der Waals surface area contributed by atoms with E-state index in [1.807, 2.05) is 53.4 Å². The molecule has 328 valence electrons. The van der Waals surface area contributed by atoms with Gasteiger partial charge < -0.3 is 24.0 Å². The van der Waals surface area contributed by atoms with E-state index < -0.39 is 38.2 Å². The third kappa shape index (κ3) is 13.6. The predicted molar refractivity (Wildman–Crippen MR) is 240 cm³/mol. The summed E-state index contributed by atoms with van der Waals surface area (Å²) in [6.07, 6.45) is 9.36. The number of aromatic amines is 1. The maximum Gasteiger partial charge on any atom is 0.330 e. The molecule has 2 aromatic carbocycles. The zero-order valence-electron chi connectivity index (χ0n) is 37.2. The van der Waals surface area contributed by atoms with E-state index in [0.29, 0.717) is 45.2 Å². The van der Waals surface area contributed by atoms with Gasteiger partial charge in [-0.15, -0.1) is 0 Å². The van der Waals surface area contributed by atoms with E-state index in [9.17, 15) is 24.0 Å². The van der Waals surface area contributed by atoms with Crippen LogP contribution in [0, 0.1) is 11.8 Å². The van der Waals surface area contributed by atoms with Crippen LogP contribution in [0.3, 0.4) is 0 Å². The third-order valence-corrected chi connectivity index (χ3v) is 12.8. The number of carbonyl (C=O) groups is 3. The number of rotatable bonds is 22. The van der Waals surface area contributed by atoms with Gasteiger partial charge in [0.2, 0.25) is 11.8 Å². The van der Waals surface area contributed by atoms with Gasteiger partial charge in [-0.25, -0.2) is 9.46 Å². The van der Waals surface area contributed by atoms with Crippen LogP contribution in [-0.2, 0) is 34.7 Å². The van der Waals surface area contributed by atoms with Crippen molar-refractivity contribution in [2.24, 2.45) is 0 Å². The van der Waals surface area contributed by atoms with Crippen molar-refractivity contribution >= 4 is 37.9 Å². The first-order chi connectivity index (χ1) is 29.9. The van der Waals surface area contributed by atoms with E-state index >= 15 is 0 Å². The average Bonchev–Trinajstić information content (AvgIpc) is 3.65. The first-order valence-electron chi connectivity index (χ1n) is 22.2. The second-order valence-electron chi connectivity index (χ2n) is 16.0. The first-order valence-corrected chi connectivity index (χ1v) is 22.6. The molecule has 5 rings (SSSR count). The minimum absolute atomic E-state index is 0.0294. The SMILES string of the molecule is [2H]C[C@H]1O[C@@H](n2cc(/C=C/C(=O)NCCCCCCCC(=O)CCCCC(=O)N3Cc4ccccc4C#Cc4ccccc43)c(=O)[nH]c2=O)CC1OP(OC)N(C(C)C)C(C)C. The van der Waals surface area contributed by atoms with Gasteiger partial charge in [0.15, 0.2) is 0 Å². The van der Waals surface area contributed by atoms with Crippen LogP contribution >= 0.6 is 8.53 Å². The van der Waals surface area contributed by atoms with Crippen LogP contribution in [-0.4, -0.2) is 69.8 Å². The zero-order chi connectivity index (χ0) is 44.6. The smallest absolute Gasteiger partial charge is 0.330 e. The van der Waals surface area contributed by atoms with Crippen LogP contribution in [0.15, 0.2) is 70.4 Å². The highest BCUT2D eigenvalue weighted by Gasteiger charge is 2.39. The number of Topliss-reactive ketones (excluding diaryl/α,β-unsaturated/α-hetero) is 1. The highest BCUT2D eigenvalue weighted by molar-refractivity contribution is 7.44. The molecule has 2 amide bonds. The number of unbranched alkanes of at least 4 members (excludes halogenated alkanes) is 5. The van der Waals surface area contributed by atoms with Gasteiger partial charge in [-0.2, -0.15) is 0 Å². The van der Waals surface area contributed by atoms with Gasteiger partial charge in [-0.05, 0) is 90.1 Å². The maximum absolute atomic E-state index is 13.4. The minimum Gasteiger partial charge on any atom is -0.353 e. The Bertz CT molecular complexity index is 2190. The van der Waals surface area contributed by atoms with Gasteiger partial charge in [0, 0.05) is 76.2 Å². The van der Waals surface area contributed by atoms with E-state index in [1.54, 1.807) is 7.11 Å². The number of fused-ring (bicyclic) bond motifs is 2. The monoisotopic (exact) mass is 856 g/mol. The Kier molecular flexibility index (Phi) is 17.6. The summed E-state index contributed by atoms with van der Waals surface area (Å²) in [4.78, 5) is 68.2. The molecule has 2 aliphatic heterocycles. The Morgan fingerprint density at radius 2 is 1.61 bits per heavy atom. The first kappa shape index (κ1) is 45.8. The number of nitrogens with zero attached hydrogens (tertiary/aromatic N) is 3. The van der Waals surface area contributed by atoms with E-state index in [0.717, 1.165) is 54.5 Å². The summed E-state index contributed by atoms with van der Waals surface area (Å²) in [6, 6.07) is 15.9. The Labute approximate surface area is 362 Å². The zero-order valence-corrected chi connectivity index (χ0v) is 37.1. The van der Waals surface area contributed by atoms with Crippen molar-refractivity contribution in [1.29, 1.82) is 0 Å². The second kappa shape index (κ2) is 23.5. The molecule has 61 heavy (non-hydrogen) atoms. The van der Waals surface area contributed by atoms with Crippen LogP contribution < -0.4 is 21.5 Å². The van der Waals surface area contributed by atoms with Crippen molar-refractivity contribution in [1.82, 2.24) is 19.5 Å². The lowest BCUT2D eigenvalue weighted by Gasteiger charge is -2.36. The molecule has 2 N–H and O–H groups in total. The normalized spacial score (nSPS) is 18.0. The van der Waals surface area contributed by atoms with Crippen molar-refractivity contribution in [3.05, 3.63) is 104 Å². The number of aromatic nitrogens is 2. The topological polar surface area (TPSA) is 152 Å². The summed E-state index contributed by atoms with van der Waals surface area (Å²) in [7, 11) is 0.140. The lowest BCUT2D eigenvalue weighted by atomic mass is 10.0. The van der Waals surface area contributed by atoms with Gasteiger partial charge in [-0.3, -0.25) is 28.7 Å². The van der Waals surface area contributed by atoms with Crippen molar-refractivity contribution in [3.63, 3.8) is 0 Å². The third-order valence-electron chi connectivity index (χ3n) is 10.7. The molecule has 0 spiro atoms. The molecule has 1 saturated heterocycles. The summed E-state index contributed by atoms with van der Waals surface area (Å²) < 4.78 is 29.6. The number of benzene rings is 2. The molecule has 2 unspecified atom stereocenters. The molecule has 13 nitrogen and oxygen atoms in total. The molecule has 4 atom stereocenters. The number of para-hydroxylation sites is 1. The van der Waals surface area contributed by atoms with Crippen molar-refractivity contribution in [3.8, 4) is 11.8 Å². The fourth-order valence-corrected chi connectivity index (χ4v) is 9.17. The molecule has 3 heterocycles. The van der Waals surface area contributed by atoms with Gasteiger partial charge in [0.25, 0.3) is 14.1 Å². The molecule has 0 bridgehead atoms. The number of ketones is 1. The Hall–Kier alpha value is -4.70. The van der Waals surface area contributed by atoms with Crippen LogP contribution in [0.25, 0.3) is 6.08 Å². The number of nitrogens with one attached hydrogen (secondary N) is 2. The molecular weight excluding hydrogens is 794 g/mol. The highest BCUT2D eigenvalue weighted by Crippen LogP contribution is 2.49. The van der Waals surface area contributed by atoms with Crippen LogP contribution in [0.5, 0.6) is 0 Å². The molecule has 2 aliphatic rings. The highest BCUT2D eigenvalue weighted by atomic mass is 31.2. The maximum atomic E-state index is 13.4. The summed E-state index contributed by atoms with van der Waals surface area (Å²) in [6.45, 7) is 9.06.